The molecule has 1 aromatic heterocycles. The molecule has 0 amide bonds. The van der Waals surface area contributed by atoms with Crippen LogP contribution in [-0.2, 0) is 19.5 Å². The third-order valence-electron chi connectivity index (χ3n) is 5.04. The van der Waals surface area contributed by atoms with Crippen molar-refractivity contribution < 1.29 is 9.47 Å². The van der Waals surface area contributed by atoms with Crippen LogP contribution in [0.2, 0.25) is 5.02 Å². The molecule has 138 valence electrons. The summed E-state index contributed by atoms with van der Waals surface area (Å²) in [7, 11) is 3.21. The maximum atomic E-state index is 12.5. The minimum absolute atomic E-state index is 0.00256. The molecule has 0 bridgehead atoms. The monoisotopic (exact) mass is 375 g/mol. The van der Waals surface area contributed by atoms with Crippen LogP contribution in [0.15, 0.2) is 16.9 Å². The van der Waals surface area contributed by atoms with Crippen LogP contribution >= 0.6 is 11.6 Å². The third-order valence-corrected chi connectivity index (χ3v) is 5.26. The topological polar surface area (TPSA) is 67.5 Å². The predicted octanol–water partition coefficient (Wildman–Crippen LogP) is 2.88. The van der Waals surface area contributed by atoms with Crippen LogP contribution in [0.1, 0.15) is 41.4 Å². The molecule has 7 heteroatoms. The molecule has 26 heavy (non-hydrogen) atoms. The molecule has 0 saturated heterocycles. The van der Waals surface area contributed by atoms with Crippen molar-refractivity contribution in [3.63, 3.8) is 0 Å². The second-order valence-electron chi connectivity index (χ2n) is 6.91. The van der Waals surface area contributed by atoms with Gasteiger partial charge in [-0.15, -0.1) is 0 Å². The molecule has 0 spiro atoms. The van der Waals surface area contributed by atoms with E-state index in [2.05, 4.69) is 9.88 Å². The Morgan fingerprint density at radius 2 is 2.12 bits per heavy atom. The maximum absolute atomic E-state index is 12.5. The largest absolute Gasteiger partial charge is 0.493 e. The molecule has 0 unspecified atom stereocenters. The molecule has 2 aromatic rings. The molecule has 2 heterocycles. The van der Waals surface area contributed by atoms with Crippen LogP contribution in [0.5, 0.6) is 11.5 Å². The molecule has 2 aliphatic rings. The summed E-state index contributed by atoms with van der Waals surface area (Å²) in [6, 6.07) is 3.63. The van der Waals surface area contributed by atoms with Crippen LogP contribution in [0.4, 0.5) is 0 Å². The molecule has 1 saturated carbocycles. The molecule has 0 atom stereocenters. The van der Waals surface area contributed by atoms with Gasteiger partial charge in [0.15, 0.2) is 11.5 Å². The Balaban J connectivity index is 1.58. The van der Waals surface area contributed by atoms with Crippen molar-refractivity contribution in [2.24, 2.45) is 0 Å². The van der Waals surface area contributed by atoms with E-state index >= 15 is 0 Å². The van der Waals surface area contributed by atoms with E-state index in [9.17, 15) is 4.79 Å². The highest BCUT2D eigenvalue weighted by Gasteiger charge is 2.29. The van der Waals surface area contributed by atoms with E-state index in [-0.39, 0.29) is 5.56 Å². The Bertz CT molecular complexity index is 892. The van der Waals surface area contributed by atoms with E-state index in [1.165, 1.54) is 0 Å². The SMILES string of the molecule is COc1cc(Cl)cc(CN2CCc3nc(C4CC4)[nH]c(=O)c3C2)c1OC. The summed E-state index contributed by atoms with van der Waals surface area (Å²) in [6.45, 7) is 2.04. The van der Waals surface area contributed by atoms with E-state index in [4.69, 9.17) is 26.1 Å². The van der Waals surface area contributed by atoms with Gasteiger partial charge in [0.2, 0.25) is 0 Å². The number of H-pyrrole nitrogens is 1. The van der Waals surface area contributed by atoms with Gasteiger partial charge in [-0.2, -0.15) is 0 Å². The smallest absolute Gasteiger partial charge is 0.255 e. The second-order valence-corrected chi connectivity index (χ2v) is 7.35. The standard InChI is InChI=1S/C19H22ClN3O3/c1-25-16-8-13(20)7-12(17(16)26-2)9-23-6-5-15-14(10-23)19(24)22-18(21-15)11-3-4-11/h7-8,11H,3-6,9-10H2,1-2H3,(H,21,22,24). The number of aromatic amines is 1. The van der Waals surface area contributed by atoms with Crippen LogP contribution in [0.25, 0.3) is 0 Å². The molecular formula is C19H22ClN3O3. The minimum Gasteiger partial charge on any atom is -0.493 e. The summed E-state index contributed by atoms with van der Waals surface area (Å²) in [4.78, 5) is 22.4. The van der Waals surface area contributed by atoms with Gasteiger partial charge in [0, 0.05) is 48.6 Å². The number of hydrogen-bond donors (Lipinski definition) is 1. The lowest BCUT2D eigenvalue weighted by Gasteiger charge is -2.28. The predicted molar refractivity (Wildman–Crippen MR) is 99.2 cm³/mol. The van der Waals surface area contributed by atoms with Crippen LogP contribution in [-0.4, -0.2) is 35.6 Å². The first-order valence-electron chi connectivity index (χ1n) is 8.83. The summed E-state index contributed by atoms with van der Waals surface area (Å²) < 4.78 is 10.9. The van der Waals surface area contributed by atoms with Gasteiger partial charge < -0.3 is 14.5 Å². The number of aromatic nitrogens is 2. The van der Waals surface area contributed by atoms with Gasteiger partial charge in [0.05, 0.1) is 25.5 Å². The number of methoxy groups -OCH3 is 2. The van der Waals surface area contributed by atoms with Crippen molar-refractivity contribution in [2.75, 3.05) is 20.8 Å². The maximum Gasteiger partial charge on any atom is 0.255 e. The summed E-state index contributed by atoms with van der Waals surface area (Å²) in [5.41, 5.74) is 2.66. The van der Waals surface area contributed by atoms with Crippen molar-refractivity contribution in [3.8, 4) is 11.5 Å². The normalized spacial score (nSPS) is 17.0. The minimum atomic E-state index is -0.00256. The third kappa shape index (κ3) is 3.31. The van der Waals surface area contributed by atoms with Crippen LogP contribution in [0.3, 0.4) is 0 Å². The van der Waals surface area contributed by atoms with Gasteiger partial charge >= 0.3 is 0 Å². The van der Waals surface area contributed by atoms with Gasteiger partial charge in [-0.3, -0.25) is 9.69 Å². The highest BCUT2D eigenvalue weighted by Crippen LogP contribution is 2.38. The zero-order valence-electron chi connectivity index (χ0n) is 15.0. The highest BCUT2D eigenvalue weighted by atomic mass is 35.5. The zero-order valence-corrected chi connectivity index (χ0v) is 15.7. The summed E-state index contributed by atoms with van der Waals surface area (Å²) >= 11 is 6.22. The first-order valence-corrected chi connectivity index (χ1v) is 9.21. The van der Waals surface area contributed by atoms with Gasteiger partial charge in [-0.25, -0.2) is 4.98 Å². The molecular weight excluding hydrogens is 354 g/mol. The van der Waals surface area contributed by atoms with Gasteiger partial charge in [-0.1, -0.05) is 11.6 Å². The van der Waals surface area contributed by atoms with Crippen molar-refractivity contribution in [3.05, 3.63) is 50.2 Å². The van der Waals surface area contributed by atoms with Crippen molar-refractivity contribution in [2.45, 2.75) is 38.3 Å². The van der Waals surface area contributed by atoms with Gasteiger partial charge in [0.25, 0.3) is 5.56 Å². The highest BCUT2D eigenvalue weighted by molar-refractivity contribution is 6.30. The number of fused-ring (bicyclic) bond motifs is 1. The van der Waals surface area contributed by atoms with E-state index in [0.29, 0.717) is 35.5 Å². The summed E-state index contributed by atoms with van der Waals surface area (Å²) in [5.74, 6) is 2.61. The van der Waals surface area contributed by atoms with Crippen molar-refractivity contribution >= 4 is 11.6 Å². The molecule has 0 radical (unpaired) electrons. The molecule has 1 N–H and O–H groups in total. The lowest BCUT2D eigenvalue weighted by molar-refractivity contribution is 0.236. The van der Waals surface area contributed by atoms with Crippen LogP contribution < -0.4 is 15.0 Å². The summed E-state index contributed by atoms with van der Waals surface area (Å²) in [6.07, 6.45) is 3.04. The van der Waals surface area contributed by atoms with E-state index < -0.39 is 0 Å². The molecule has 1 aromatic carbocycles. The zero-order chi connectivity index (χ0) is 18.3. The number of benzene rings is 1. The van der Waals surface area contributed by atoms with Gasteiger partial charge in [0.1, 0.15) is 5.82 Å². The number of nitrogens with zero attached hydrogens (tertiary/aromatic N) is 2. The van der Waals surface area contributed by atoms with Crippen molar-refractivity contribution in [1.29, 1.82) is 0 Å². The van der Waals surface area contributed by atoms with Crippen molar-refractivity contribution in [1.82, 2.24) is 14.9 Å². The second kappa shape index (κ2) is 6.93. The Labute approximate surface area is 157 Å². The average Bonchev–Trinajstić information content (AvgIpc) is 3.46. The Morgan fingerprint density at radius 3 is 2.81 bits per heavy atom. The lowest BCUT2D eigenvalue weighted by atomic mass is 10.1. The quantitative estimate of drug-likeness (QED) is 0.870. The van der Waals surface area contributed by atoms with E-state index in [0.717, 1.165) is 48.5 Å². The summed E-state index contributed by atoms with van der Waals surface area (Å²) in [5, 5.41) is 0.601. The average molecular weight is 376 g/mol. The number of ether oxygens (including phenoxy) is 2. The van der Waals surface area contributed by atoms with Gasteiger partial charge in [-0.05, 0) is 18.9 Å². The Hall–Kier alpha value is -2.05. The fraction of sp³-hybridized carbons (Fsp3) is 0.474. The molecule has 1 aliphatic heterocycles. The molecule has 4 rings (SSSR count). The van der Waals surface area contributed by atoms with E-state index in [1.54, 1.807) is 20.3 Å². The number of halogens is 1. The fourth-order valence-electron chi connectivity index (χ4n) is 3.55. The Morgan fingerprint density at radius 1 is 1.31 bits per heavy atom. The molecule has 1 aliphatic carbocycles. The number of rotatable bonds is 5. The first-order chi connectivity index (χ1) is 12.6. The number of hydrogen-bond acceptors (Lipinski definition) is 5. The lowest BCUT2D eigenvalue weighted by Crippen LogP contribution is -2.35. The first kappa shape index (κ1) is 17.4. The molecule has 1 fully saturated rings. The molecule has 6 nitrogen and oxygen atoms in total. The van der Waals surface area contributed by atoms with E-state index in [1.807, 2.05) is 6.07 Å². The fourth-order valence-corrected chi connectivity index (χ4v) is 3.78. The Kier molecular flexibility index (Phi) is 4.63. The van der Waals surface area contributed by atoms with Crippen LogP contribution in [0, 0.1) is 0 Å². The number of nitrogens with one attached hydrogen (secondary N) is 1.